The molecule has 0 heterocycles. The number of hydrogen-bond acceptors (Lipinski definition) is 1. The monoisotopic (exact) mass is 252 g/mol. The number of rotatable bonds is 4. The van der Waals surface area contributed by atoms with Gasteiger partial charge < -0.3 is 10.6 Å². The van der Waals surface area contributed by atoms with E-state index in [1.54, 1.807) is 12.1 Å². The van der Waals surface area contributed by atoms with Gasteiger partial charge in [0.2, 0.25) is 0 Å². The minimum absolute atomic E-state index is 0.211. The van der Waals surface area contributed by atoms with Crippen LogP contribution in [-0.4, -0.2) is 11.2 Å². The Hall–Kier alpha value is -1.16. The summed E-state index contributed by atoms with van der Waals surface area (Å²) in [6.45, 7) is 2.78. The van der Waals surface area contributed by atoms with Gasteiger partial charge in [0, 0.05) is 12.6 Å². The van der Waals surface area contributed by atoms with E-state index in [1.807, 2.05) is 0 Å². The van der Waals surface area contributed by atoms with Crippen molar-refractivity contribution in [3.05, 3.63) is 35.6 Å². The summed E-state index contributed by atoms with van der Waals surface area (Å²) < 4.78 is 12.7. The van der Waals surface area contributed by atoms with Crippen LogP contribution in [0.3, 0.4) is 0 Å². The largest absolute Gasteiger partial charge is 0.360 e. The molecule has 1 aliphatic rings. The Morgan fingerprint density at radius 3 is 2.65 bits per heavy atom. The standard InChI is InChI=1S/C13H17FN2S/c1-9(11-4-5-11)16-13(17)15-8-10-2-6-12(14)7-3-10/h2-3,6-7,9,11H,4-5,8H2,1H3,(H2,15,16,17)/t9-/m0/s1. The van der Waals surface area contributed by atoms with E-state index in [9.17, 15) is 4.39 Å². The number of hydrogen-bond donors (Lipinski definition) is 2. The molecule has 1 aromatic rings. The minimum atomic E-state index is -0.211. The molecule has 0 saturated heterocycles. The summed E-state index contributed by atoms with van der Waals surface area (Å²) in [5.41, 5.74) is 1.02. The van der Waals surface area contributed by atoms with Gasteiger partial charge in [-0.05, 0) is 55.6 Å². The molecule has 4 heteroatoms. The maximum atomic E-state index is 12.7. The summed E-state index contributed by atoms with van der Waals surface area (Å²) in [4.78, 5) is 0. The lowest BCUT2D eigenvalue weighted by atomic mass is 10.2. The van der Waals surface area contributed by atoms with Gasteiger partial charge in [-0.3, -0.25) is 0 Å². The molecule has 1 aliphatic carbocycles. The fourth-order valence-corrected chi connectivity index (χ4v) is 2.01. The molecule has 0 bridgehead atoms. The van der Waals surface area contributed by atoms with Gasteiger partial charge in [0.1, 0.15) is 5.82 Å². The molecule has 1 fully saturated rings. The molecule has 0 unspecified atom stereocenters. The zero-order valence-electron chi connectivity index (χ0n) is 9.87. The van der Waals surface area contributed by atoms with Gasteiger partial charge in [-0.1, -0.05) is 12.1 Å². The average Bonchev–Trinajstić information content (AvgIpc) is 3.12. The van der Waals surface area contributed by atoms with Crippen molar-refractivity contribution in [1.82, 2.24) is 10.6 Å². The first-order valence-corrected chi connectivity index (χ1v) is 6.35. The molecule has 0 spiro atoms. The maximum Gasteiger partial charge on any atom is 0.166 e. The summed E-state index contributed by atoms with van der Waals surface area (Å²) in [6, 6.07) is 6.88. The van der Waals surface area contributed by atoms with Crippen LogP contribution in [0.15, 0.2) is 24.3 Å². The third-order valence-electron chi connectivity index (χ3n) is 3.05. The second-order valence-electron chi connectivity index (χ2n) is 4.58. The molecule has 1 aromatic carbocycles. The first-order valence-electron chi connectivity index (χ1n) is 5.94. The minimum Gasteiger partial charge on any atom is -0.360 e. The highest BCUT2D eigenvalue weighted by Crippen LogP contribution is 2.32. The lowest BCUT2D eigenvalue weighted by Crippen LogP contribution is -2.41. The number of benzene rings is 1. The van der Waals surface area contributed by atoms with E-state index in [0.29, 0.717) is 17.7 Å². The SMILES string of the molecule is C[C@H](NC(=S)NCc1ccc(F)cc1)C1CC1. The Morgan fingerprint density at radius 1 is 1.41 bits per heavy atom. The van der Waals surface area contributed by atoms with Crippen LogP contribution in [-0.2, 0) is 6.54 Å². The van der Waals surface area contributed by atoms with Crippen LogP contribution >= 0.6 is 12.2 Å². The van der Waals surface area contributed by atoms with Crippen LogP contribution in [0.4, 0.5) is 4.39 Å². The van der Waals surface area contributed by atoms with Gasteiger partial charge >= 0.3 is 0 Å². The molecular formula is C13H17FN2S. The Morgan fingerprint density at radius 2 is 2.06 bits per heavy atom. The molecule has 2 nitrogen and oxygen atoms in total. The van der Waals surface area contributed by atoms with Crippen molar-refractivity contribution in [3.63, 3.8) is 0 Å². The summed E-state index contributed by atoms with van der Waals surface area (Å²) in [6.07, 6.45) is 2.60. The molecule has 2 N–H and O–H groups in total. The van der Waals surface area contributed by atoms with Crippen LogP contribution < -0.4 is 10.6 Å². The zero-order valence-corrected chi connectivity index (χ0v) is 10.7. The van der Waals surface area contributed by atoms with E-state index in [0.717, 1.165) is 11.5 Å². The Labute approximate surface area is 107 Å². The number of halogens is 1. The predicted octanol–water partition coefficient (Wildman–Crippen LogP) is 2.59. The lowest BCUT2D eigenvalue weighted by Gasteiger charge is -2.16. The molecular weight excluding hydrogens is 235 g/mol. The average molecular weight is 252 g/mol. The van der Waals surface area contributed by atoms with Gasteiger partial charge in [-0.2, -0.15) is 0 Å². The second-order valence-corrected chi connectivity index (χ2v) is 4.99. The summed E-state index contributed by atoms with van der Waals surface area (Å²) >= 11 is 5.21. The normalized spacial score (nSPS) is 16.4. The zero-order chi connectivity index (χ0) is 12.3. The molecule has 0 aliphatic heterocycles. The van der Waals surface area contributed by atoms with E-state index in [4.69, 9.17) is 12.2 Å². The predicted molar refractivity (Wildman–Crippen MR) is 71.2 cm³/mol. The van der Waals surface area contributed by atoms with E-state index >= 15 is 0 Å². The van der Waals surface area contributed by atoms with Crippen LogP contribution in [0, 0.1) is 11.7 Å². The van der Waals surface area contributed by atoms with Crippen LogP contribution in [0.25, 0.3) is 0 Å². The molecule has 1 atom stereocenters. The maximum absolute atomic E-state index is 12.7. The topological polar surface area (TPSA) is 24.1 Å². The van der Waals surface area contributed by atoms with Crippen molar-refractivity contribution in [3.8, 4) is 0 Å². The van der Waals surface area contributed by atoms with Crippen molar-refractivity contribution in [2.24, 2.45) is 5.92 Å². The number of thiocarbonyl (C=S) groups is 1. The molecule has 0 aromatic heterocycles. The summed E-state index contributed by atoms with van der Waals surface area (Å²) in [7, 11) is 0. The highest BCUT2D eigenvalue weighted by atomic mass is 32.1. The van der Waals surface area contributed by atoms with Crippen molar-refractivity contribution >= 4 is 17.3 Å². The highest BCUT2D eigenvalue weighted by Gasteiger charge is 2.28. The van der Waals surface area contributed by atoms with Gasteiger partial charge in [-0.15, -0.1) is 0 Å². The van der Waals surface area contributed by atoms with Gasteiger partial charge in [-0.25, -0.2) is 4.39 Å². The van der Waals surface area contributed by atoms with Gasteiger partial charge in [0.05, 0.1) is 0 Å². The summed E-state index contributed by atoms with van der Waals surface area (Å²) in [5.74, 6) is 0.567. The lowest BCUT2D eigenvalue weighted by molar-refractivity contribution is 0.580. The van der Waals surface area contributed by atoms with Crippen molar-refractivity contribution in [2.45, 2.75) is 32.4 Å². The Balaban J connectivity index is 1.73. The van der Waals surface area contributed by atoms with Crippen molar-refractivity contribution in [2.75, 3.05) is 0 Å². The van der Waals surface area contributed by atoms with Gasteiger partial charge in [0.15, 0.2) is 5.11 Å². The highest BCUT2D eigenvalue weighted by molar-refractivity contribution is 7.80. The Kier molecular flexibility index (Phi) is 3.94. The van der Waals surface area contributed by atoms with E-state index in [-0.39, 0.29) is 5.82 Å². The van der Waals surface area contributed by atoms with Crippen LogP contribution in [0.1, 0.15) is 25.3 Å². The third kappa shape index (κ3) is 3.97. The number of nitrogens with one attached hydrogen (secondary N) is 2. The molecule has 0 amide bonds. The van der Waals surface area contributed by atoms with Crippen molar-refractivity contribution in [1.29, 1.82) is 0 Å². The Bertz CT molecular complexity index is 387. The molecule has 92 valence electrons. The molecule has 0 radical (unpaired) electrons. The smallest absolute Gasteiger partial charge is 0.166 e. The fourth-order valence-electron chi connectivity index (χ4n) is 1.76. The first-order chi connectivity index (χ1) is 8.15. The quantitative estimate of drug-likeness (QED) is 0.805. The fraction of sp³-hybridized carbons (Fsp3) is 0.462. The van der Waals surface area contributed by atoms with E-state index in [2.05, 4.69) is 17.6 Å². The van der Waals surface area contributed by atoms with E-state index in [1.165, 1.54) is 25.0 Å². The molecule has 17 heavy (non-hydrogen) atoms. The van der Waals surface area contributed by atoms with Crippen LogP contribution in [0.2, 0.25) is 0 Å². The summed E-state index contributed by atoms with van der Waals surface area (Å²) in [5, 5.41) is 7.07. The van der Waals surface area contributed by atoms with E-state index < -0.39 is 0 Å². The molecule has 2 rings (SSSR count). The first kappa shape index (κ1) is 12.3. The second kappa shape index (κ2) is 5.45. The third-order valence-corrected chi connectivity index (χ3v) is 3.32. The van der Waals surface area contributed by atoms with Crippen molar-refractivity contribution < 1.29 is 4.39 Å². The van der Waals surface area contributed by atoms with Crippen LogP contribution in [0.5, 0.6) is 0 Å². The van der Waals surface area contributed by atoms with Gasteiger partial charge in [0.25, 0.3) is 0 Å². The molecule has 1 saturated carbocycles.